The van der Waals surface area contributed by atoms with E-state index in [4.69, 9.17) is 4.74 Å². The zero-order valence-corrected chi connectivity index (χ0v) is 14.8. The van der Waals surface area contributed by atoms with Crippen molar-refractivity contribution in [2.45, 2.75) is 5.51 Å². The average Bonchev–Trinajstić information content (AvgIpc) is 2.46. The highest BCUT2D eigenvalue weighted by Crippen LogP contribution is 2.38. The van der Waals surface area contributed by atoms with Gasteiger partial charge in [-0.25, -0.2) is 0 Å². The van der Waals surface area contributed by atoms with Gasteiger partial charge in [0, 0.05) is 11.1 Å². The first-order valence-corrected chi connectivity index (χ1v) is 7.40. The van der Waals surface area contributed by atoms with E-state index in [2.05, 4.69) is 4.18 Å². The molecule has 2 aromatic rings. The maximum Gasteiger partial charge on any atom is 0.534 e. The van der Waals surface area contributed by atoms with Gasteiger partial charge in [0.2, 0.25) is 0 Å². The molecule has 23 heavy (non-hydrogen) atoms. The lowest BCUT2D eigenvalue weighted by molar-refractivity contribution is -0.0499. The first kappa shape index (κ1) is 19.6. The van der Waals surface area contributed by atoms with Crippen molar-refractivity contribution in [2.24, 2.45) is 0 Å². The van der Waals surface area contributed by atoms with Crippen LogP contribution in [0.2, 0.25) is 0 Å². The van der Waals surface area contributed by atoms with E-state index in [-0.39, 0.29) is 29.5 Å². The van der Waals surface area contributed by atoms with Crippen molar-refractivity contribution in [1.29, 1.82) is 0 Å². The molecule has 0 heterocycles. The van der Waals surface area contributed by atoms with Gasteiger partial charge in [-0.2, -0.15) is 21.6 Å². The Kier molecular flexibility index (Phi) is 6.28. The smallest absolute Gasteiger partial charge is 0.496 e. The monoisotopic (exact) mass is 460 g/mol. The Labute approximate surface area is 148 Å². The largest absolute Gasteiger partial charge is 0.534 e. The average molecular weight is 460 g/mol. The van der Waals surface area contributed by atoms with Gasteiger partial charge in [0.25, 0.3) is 0 Å². The van der Waals surface area contributed by atoms with Crippen LogP contribution in [0.3, 0.4) is 0 Å². The van der Waals surface area contributed by atoms with Crippen LogP contribution in [0.4, 0.5) is 13.2 Å². The first-order valence-electron chi connectivity index (χ1n) is 5.99. The Morgan fingerprint density at radius 1 is 0.870 bits per heavy atom. The number of hydrogen-bond donors (Lipinski definition) is 0. The maximum absolute atomic E-state index is 12.5. The lowest BCUT2D eigenvalue weighted by atomic mass is 10.0. The van der Waals surface area contributed by atoms with Crippen LogP contribution in [0, 0.1) is 0 Å². The predicted molar refractivity (Wildman–Crippen MR) is 89.4 cm³/mol. The van der Waals surface area contributed by atoms with Crippen LogP contribution in [-0.2, 0) is 10.1 Å². The van der Waals surface area contributed by atoms with Gasteiger partial charge in [-0.05, 0) is 12.1 Å². The minimum absolute atomic E-state index is 0. The summed E-state index contributed by atoms with van der Waals surface area (Å²) in [6.07, 6.45) is 0. The summed E-state index contributed by atoms with van der Waals surface area (Å²) in [6.45, 7) is 0. The summed E-state index contributed by atoms with van der Waals surface area (Å²) in [5.41, 5.74) is -4.91. The number of hydrogen-bond acceptors (Lipinski definition) is 4. The Morgan fingerprint density at radius 2 is 1.30 bits per heavy atom. The van der Waals surface area contributed by atoms with E-state index in [1.165, 1.54) is 19.2 Å². The van der Waals surface area contributed by atoms with Crippen LogP contribution in [0.25, 0.3) is 11.1 Å². The van der Waals surface area contributed by atoms with Crippen molar-refractivity contribution in [1.82, 2.24) is 0 Å². The molecule has 0 saturated carbocycles. The molecule has 0 unspecified atom stereocenters. The first-order chi connectivity index (χ1) is 10.3. The number of halogens is 4. The second-order valence-corrected chi connectivity index (χ2v) is 5.72. The van der Waals surface area contributed by atoms with Crippen molar-refractivity contribution in [3.05, 3.63) is 48.5 Å². The molecular formula is C14H12F3IO4S. The van der Waals surface area contributed by atoms with E-state index in [0.717, 1.165) is 6.07 Å². The summed E-state index contributed by atoms with van der Waals surface area (Å²) in [7, 11) is -4.34. The fourth-order valence-electron chi connectivity index (χ4n) is 1.79. The molecule has 0 spiro atoms. The van der Waals surface area contributed by atoms with E-state index in [1.807, 2.05) is 0 Å². The van der Waals surface area contributed by atoms with Crippen molar-refractivity contribution in [3.8, 4) is 22.6 Å². The third kappa shape index (κ3) is 4.28. The molecule has 4 nitrogen and oxygen atoms in total. The van der Waals surface area contributed by atoms with Gasteiger partial charge in [0.05, 0.1) is 7.11 Å². The van der Waals surface area contributed by atoms with Crippen LogP contribution < -0.4 is 8.92 Å². The van der Waals surface area contributed by atoms with Crippen LogP contribution in [0.1, 0.15) is 0 Å². The number of para-hydroxylation sites is 2. The number of alkyl halides is 3. The molecular weight excluding hydrogens is 448 g/mol. The topological polar surface area (TPSA) is 52.6 Å². The molecule has 0 atom stereocenters. The highest BCUT2D eigenvalue weighted by molar-refractivity contribution is 14.0. The van der Waals surface area contributed by atoms with E-state index < -0.39 is 21.4 Å². The summed E-state index contributed by atoms with van der Waals surface area (Å²) in [5.74, 6) is -0.0488. The van der Waals surface area contributed by atoms with Gasteiger partial charge in [0.1, 0.15) is 5.75 Å². The van der Waals surface area contributed by atoms with Gasteiger partial charge in [-0.15, -0.1) is 24.0 Å². The van der Waals surface area contributed by atoms with Crippen LogP contribution in [0.15, 0.2) is 48.5 Å². The van der Waals surface area contributed by atoms with Gasteiger partial charge < -0.3 is 8.92 Å². The second kappa shape index (κ2) is 7.39. The number of methoxy groups -OCH3 is 1. The molecule has 0 bridgehead atoms. The van der Waals surface area contributed by atoms with Crippen molar-refractivity contribution in [2.75, 3.05) is 7.11 Å². The Bertz CT molecular complexity index is 776. The molecule has 0 N–H and O–H groups in total. The molecule has 0 aliphatic rings. The van der Waals surface area contributed by atoms with Crippen LogP contribution in [0.5, 0.6) is 11.5 Å². The predicted octanol–water partition coefficient (Wildman–Crippen LogP) is 4.21. The lowest BCUT2D eigenvalue weighted by Gasteiger charge is -2.14. The zero-order valence-electron chi connectivity index (χ0n) is 11.7. The summed E-state index contributed by atoms with van der Waals surface area (Å²) in [6, 6.07) is 12.0. The Morgan fingerprint density at radius 3 is 1.78 bits per heavy atom. The molecule has 126 valence electrons. The van der Waals surface area contributed by atoms with Crippen LogP contribution >= 0.6 is 24.0 Å². The second-order valence-electron chi connectivity index (χ2n) is 4.18. The highest BCUT2D eigenvalue weighted by atomic mass is 127. The third-order valence-electron chi connectivity index (χ3n) is 2.77. The minimum atomic E-state index is -5.74. The van der Waals surface area contributed by atoms with Gasteiger partial charge >= 0.3 is 15.6 Å². The summed E-state index contributed by atoms with van der Waals surface area (Å²) in [4.78, 5) is 0. The molecule has 2 rings (SSSR count). The Balaban J connectivity index is 0.00000264. The molecule has 0 aliphatic carbocycles. The van der Waals surface area contributed by atoms with Gasteiger partial charge in [0.15, 0.2) is 5.75 Å². The molecule has 0 fully saturated rings. The van der Waals surface area contributed by atoms with E-state index >= 15 is 0 Å². The molecule has 0 saturated heterocycles. The summed E-state index contributed by atoms with van der Waals surface area (Å²) >= 11 is 0. The number of rotatable bonds is 4. The van der Waals surface area contributed by atoms with E-state index in [1.54, 1.807) is 30.3 Å². The molecule has 9 heteroatoms. The van der Waals surface area contributed by atoms with E-state index in [0.29, 0.717) is 11.3 Å². The molecule has 2 aromatic carbocycles. The summed E-state index contributed by atoms with van der Waals surface area (Å²) in [5, 5.41) is 0. The van der Waals surface area contributed by atoms with Crippen molar-refractivity contribution >= 4 is 34.1 Å². The highest BCUT2D eigenvalue weighted by Gasteiger charge is 2.48. The van der Waals surface area contributed by atoms with Gasteiger partial charge in [-0.1, -0.05) is 36.4 Å². The Hall–Kier alpha value is -1.49. The quantitative estimate of drug-likeness (QED) is 0.390. The van der Waals surface area contributed by atoms with Crippen molar-refractivity contribution < 1.29 is 30.5 Å². The molecule has 0 aromatic heterocycles. The maximum atomic E-state index is 12.5. The fourth-order valence-corrected chi connectivity index (χ4v) is 2.27. The SMILES string of the molecule is COc1ccccc1-c1ccccc1OS(=O)(=O)C(F)(F)F.I. The number of ether oxygens (including phenoxy) is 1. The zero-order chi connectivity index (χ0) is 16.4. The number of benzene rings is 2. The standard InChI is InChI=1S/C14H11F3O4S.HI/c1-20-12-8-4-2-6-10(12)11-7-3-5-9-13(11)21-22(18,19)14(15,16)17;/h2-9H,1H3;1H. The molecule has 0 aliphatic heterocycles. The van der Waals surface area contributed by atoms with E-state index in [9.17, 15) is 21.6 Å². The van der Waals surface area contributed by atoms with Gasteiger partial charge in [-0.3, -0.25) is 0 Å². The molecule has 0 radical (unpaired) electrons. The lowest BCUT2D eigenvalue weighted by Crippen LogP contribution is -2.28. The minimum Gasteiger partial charge on any atom is -0.496 e. The van der Waals surface area contributed by atoms with Crippen molar-refractivity contribution in [3.63, 3.8) is 0 Å². The fraction of sp³-hybridized carbons (Fsp3) is 0.143. The normalized spacial score (nSPS) is 11.5. The summed E-state index contributed by atoms with van der Waals surface area (Å²) < 4.78 is 69.1. The van der Waals surface area contributed by atoms with Crippen LogP contribution in [-0.4, -0.2) is 21.0 Å². The molecule has 0 amide bonds. The third-order valence-corrected chi connectivity index (χ3v) is 3.73.